The van der Waals surface area contributed by atoms with E-state index in [0.717, 1.165) is 31.3 Å². The average molecular weight is 429 g/mol. The molecule has 0 amide bonds. The van der Waals surface area contributed by atoms with E-state index >= 15 is 0 Å². The van der Waals surface area contributed by atoms with Crippen molar-refractivity contribution in [2.75, 3.05) is 0 Å². The van der Waals surface area contributed by atoms with E-state index in [1.165, 1.54) is 25.7 Å². The van der Waals surface area contributed by atoms with Crippen LogP contribution in [0.1, 0.15) is 91.4 Å². The van der Waals surface area contributed by atoms with Gasteiger partial charge in [0, 0.05) is 6.42 Å². The van der Waals surface area contributed by atoms with Gasteiger partial charge in [0.1, 0.15) is 0 Å². The van der Waals surface area contributed by atoms with Gasteiger partial charge in [-0.3, -0.25) is 0 Å². The predicted molar refractivity (Wildman–Crippen MR) is 112 cm³/mol. The minimum atomic E-state index is -4.55. The number of alkyl halides is 3. The Labute approximate surface area is 179 Å². The molecule has 3 fully saturated rings. The summed E-state index contributed by atoms with van der Waals surface area (Å²) in [6.07, 6.45) is 6.12. The fourth-order valence-electron chi connectivity index (χ4n) is 8.13. The molecule has 2 nitrogen and oxygen atoms in total. The molecule has 0 heterocycles. The van der Waals surface area contributed by atoms with Crippen molar-refractivity contribution in [3.63, 3.8) is 0 Å². The molecule has 2 N–H and O–H groups in total. The second-order valence-electron chi connectivity index (χ2n) is 11.6. The average Bonchev–Trinajstić information content (AvgIpc) is 2.98. The summed E-state index contributed by atoms with van der Waals surface area (Å²) >= 11 is 0. The Morgan fingerprint density at radius 2 is 1.83 bits per heavy atom. The van der Waals surface area contributed by atoms with Crippen LogP contribution in [0.3, 0.4) is 0 Å². The highest BCUT2D eigenvalue weighted by atomic mass is 19.4. The molecule has 3 saturated carbocycles. The van der Waals surface area contributed by atoms with Crippen molar-refractivity contribution < 1.29 is 23.4 Å². The smallest absolute Gasteiger partial charge is 0.393 e. The molecule has 0 bridgehead atoms. The van der Waals surface area contributed by atoms with Gasteiger partial charge in [0.2, 0.25) is 0 Å². The number of halogens is 3. The lowest BCUT2D eigenvalue weighted by atomic mass is 9.46. The molecule has 30 heavy (non-hydrogen) atoms. The lowest BCUT2D eigenvalue weighted by Crippen LogP contribution is -2.55. The van der Waals surface area contributed by atoms with Crippen LogP contribution in [0, 0.1) is 34.5 Å². The maximum atomic E-state index is 13.5. The highest BCUT2D eigenvalue weighted by Gasteiger charge is 2.63. The summed E-state index contributed by atoms with van der Waals surface area (Å²) in [6, 6.07) is 0. The number of aliphatic hydroxyl groups is 2. The first kappa shape index (κ1) is 22.6. The monoisotopic (exact) mass is 428 g/mol. The predicted octanol–water partition coefficient (Wildman–Crippen LogP) is 6.41. The van der Waals surface area contributed by atoms with Crippen molar-refractivity contribution >= 4 is 0 Å². The van der Waals surface area contributed by atoms with Crippen LogP contribution in [0.25, 0.3) is 0 Å². The second kappa shape index (κ2) is 7.50. The first-order valence-corrected chi connectivity index (χ1v) is 12.1. The zero-order valence-corrected chi connectivity index (χ0v) is 18.8. The molecule has 5 heteroatoms. The summed E-state index contributed by atoms with van der Waals surface area (Å²) < 4.78 is 40.4. The number of fused-ring (bicyclic) bond motifs is 5. The number of allylic oxidation sites excluding steroid dienone is 1. The zero-order chi connectivity index (χ0) is 21.9. The summed E-state index contributed by atoms with van der Waals surface area (Å²) in [4.78, 5) is 0. The van der Waals surface area contributed by atoms with Gasteiger partial charge in [-0.1, -0.05) is 31.9 Å². The van der Waals surface area contributed by atoms with Crippen LogP contribution in [-0.2, 0) is 0 Å². The number of rotatable bonds is 4. The number of hydrogen-bond donors (Lipinski definition) is 2. The number of hydrogen-bond acceptors (Lipinski definition) is 2. The molecule has 0 aromatic carbocycles. The van der Waals surface area contributed by atoms with Crippen LogP contribution < -0.4 is 0 Å². The van der Waals surface area contributed by atoms with Gasteiger partial charge >= 0.3 is 6.18 Å². The van der Waals surface area contributed by atoms with Crippen molar-refractivity contribution in [2.24, 2.45) is 34.5 Å². The van der Waals surface area contributed by atoms with Gasteiger partial charge in [0.05, 0.1) is 6.10 Å². The molecule has 0 aliphatic heterocycles. The summed E-state index contributed by atoms with van der Waals surface area (Å²) in [5.41, 5.74) is -1.53. The van der Waals surface area contributed by atoms with Crippen molar-refractivity contribution in [1.29, 1.82) is 0 Å². The van der Waals surface area contributed by atoms with E-state index in [2.05, 4.69) is 19.9 Å². The molecule has 172 valence electrons. The van der Waals surface area contributed by atoms with Gasteiger partial charge in [-0.2, -0.15) is 13.2 Å². The highest BCUT2D eigenvalue weighted by molar-refractivity contribution is 5.27. The Kier molecular flexibility index (Phi) is 5.66. The van der Waals surface area contributed by atoms with Crippen LogP contribution in [0.15, 0.2) is 11.6 Å². The first-order chi connectivity index (χ1) is 13.9. The Hall–Kier alpha value is -0.550. The standard InChI is InChI=1S/C25H39F3O2/c1-16(29)5-4-6-17-8-10-20-19-9-7-18-15-24(30,25(26,27)28)14-13-23(18,3)21(19)11-12-22(17,20)2/h7,16-17,19-21,29-30H,4-6,8-15H2,1-3H3/t16-,17+,19-,20-,21-,22+,23-,24-/m0/s1. The van der Waals surface area contributed by atoms with Crippen LogP contribution >= 0.6 is 0 Å². The third kappa shape index (κ3) is 3.46. The lowest BCUT2D eigenvalue weighted by molar-refractivity contribution is -0.271. The second-order valence-corrected chi connectivity index (χ2v) is 11.6. The molecule has 0 saturated heterocycles. The largest absolute Gasteiger partial charge is 0.417 e. The Morgan fingerprint density at radius 1 is 1.10 bits per heavy atom. The Morgan fingerprint density at radius 3 is 2.50 bits per heavy atom. The molecule has 0 radical (unpaired) electrons. The molecule has 4 aliphatic carbocycles. The summed E-state index contributed by atoms with van der Waals surface area (Å²) in [5, 5.41) is 19.9. The lowest BCUT2D eigenvalue weighted by Gasteiger charge is -2.59. The van der Waals surface area contributed by atoms with E-state index in [4.69, 9.17) is 0 Å². The maximum absolute atomic E-state index is 13.5. The zero-order valence-electron chi connectivity index (χ0n) is 18.8. The molecule has 4 rings (SSSR count). The summed E-state index contributed by atoms with van der Waals surface area (Å²) in [7, 11) is 0. The van der Waals surface area contributed by atoms with Crippen molar-refractivity contribution in [3.05, 3.63) is 11.6 Å². The van der Waals surface area contributed by atoms with E-state index in [0.29, 0.717) is 35.5 Å². The van der Waals surface area contributed by atoms with E-state index in [-0.39, 0.29) is 24.4 Å². The van der Waals surface area contributed by atoms with E-state index in [1.54, 1.807) is 0 Å². The van der Waals surface area contributed by atoms with Gasteiger partial charge in [0.25, 0.3) is 0 Å². The van der Waals surface area contributed by atoms with Gasteiger partial charge < -0.3 is 10.2 Å². The summed E-state index contributed by atoms with van der Waals surface area (Å²) in [5.74, 6) is 2.38. The van der Waals surface area contributed by atoms with Gasteiger partial charge in [0.15, 0.2) is 5.60 Å². The van der Waals surface area contributed by atoms with Crippen molar-refractivity contribution in [2.45, 2.75) is 109 Å². The molecule has 0 aromatic heterocycles. The Balaban J connectivity index is 1.52. The van der Waals surface area contributed by atoms with Gasteiger partial charge in [-0.15, -0.1) is 0 Å². The van der Waals surface area contributed by atoms with Crippen LogP contribution in [-0.4, -0.2) is 28.1 Å². The van der Waals surface area contributed by atoms with Crippen LogP contribution in [0.2, 0.25) is 0 Å². The molecular weight excluding hydrogens is 389 g/mol. The van der Waals surface area contributed by atoms with Gasteiger partial charge in [-0.05, 0) is 99.2 Å². The quantitative estimate of drug-likeness (QED) is 0.508. The third-order valence-corrected chi connectivity index (χ3v) is 10.1. The minimum Gasteiger partial charge on any atom is -0.393 e. The van der Waals surface area contributed by atoms with E-state index < -0.39 is 11.8 Å². The molecular formula is C25H39F3O2. The van der Waals surface area contributed by atoms with Crippen LogP contribution in [0.5, 0.6) is 0 Å². The first-order valence-electron chi connectivity index (χ1n) is 12.1. The molecule has 0 spiro atoms. The highest BCUT2D eigenvalue weighted by Crippen LogP contribution is 2.67. The fraction of sp³-hybridized carbons (Fsp3) is 0.920. The van der Waals surface area contributed by atoms with Crippen molar-refractivity contribution in [3.8, 4) is 0 Å². The Bertz CT molecular complexity index is 686. The molecule has 0 aromatic rings. The van der Waals surface area contributed by atoms with Gasteiger partial charge in [-0.25, -0.2) is 0 Å². The minimum absolute atomic E-state index is 0.169. The topological polar surface area (TPSA) is 40.5 Å². The van der Waals surface area contributed by atoms with Crippen molar-refractivity contribution in [1.82, 2.24) is 0 Å². The molecule has 0 unspecified atom stereocenters. The third-order valence-electron chi connectivity index (χ3n) is 10.1. The normalized spacial score (nSPS) is 47.1. The SMILES string of the molecule is C[C@H](O)CCC[C@@H]1CC[C@H]2[C@@H]3CC=C4C[C@](O)(C(F)(F)F)CC[C@]4(C)[C@H]3CC[C@]12C. The van der Waals surface area contributed by atoms with E-state index in [1.807, 2.05) is 6.92 Å². The molecule has 8 atom stereocenters. The van der Waals surface area contributed by atoms with Crippen LogP contribution in [0.4, 0.5) is 13.2 Å². The fourth-order valence-corrected chi connectivity index (χ4v) is 8.13. The molecule has 4 aliphatic rings. The number of aliphatic hydroxyl groups excluding tert-OH is 1. The maximum Gasteiger partial charge on any atom is 0.417 e. The van der Waals surface area contributed by atoms with E-state index in [9.17, 15) is 23.4 Å². The summed E-state index contributed by atoms with van der Waals surface area (Å²) in [6.45, 7) is 6.52.